The first kappa shape index (κ1) is 26.0. The average molecular weight is 449 g/mol. The maximum atomic E-state index is 14.6. The molecule has 0 bridgehead atoms. The molecule has 6 heteroatoms. The number of aliphatic hydroxyl groups excluding tert-OH is 2. The van der Waals surface area contributed by atoms with Crippen LogP contribution in [-0.4, -0.2) is 26.8 Å². The molecule has 0 aliphatic heterocycles. The van der Waals surface area contributed by atoms with Gasteiger partial charge in [-0.2, -0.15) is 0 Å². The van der Waals surface area contributed by atoms with Crippen molar-refractivity contribution < 1.29 is 28.8 Å². The average Bonchev–Trinajstić information content (AvgIpc) is 2.82. The van der Waals surface area contributed by atoms with E-state index in [-0.39, 0.29) is 32.7 Å². The van der Waals surface area contributed by atoms with Crippen LogP contribution in [-0.2, 0) is 19.8 Å². The zero-order valence-electron chi connectivity index (χ0n) is 19.1. The Balaban J connectivity index is 2.16. The Morgan fingerprint density at radius 2 is 1.66 bits per heavy atom. The second kappa shape index (κ2) is 11.5. The molecule has 0 aliphatic carbocycles. The molecule has 3 N–H and O–H groups in total. The van der Waals surface area contributed by atoms with E-state index in [4.69, 9.17) is 4.74 Å². The van der Waals surface area contributed by atoms with Crippen molar-refractivity contribution in [3.63, 3.8) is 0 Å². The zero-order valence-corrected chi connectivity index (χ0v) is 19.1. The van der Waals surface area contributed by atoms with E-state index in [1.165, 1.54) is 6.08 Å². The van der Waals surface area contributed by atoms with E-state index < -0.39 is 17.9 Å². The minimum atomic E-state index is -3.21. The molecule has 2 rings (SSSR count). The maximum absolute atomic E-state index is 14.6. The molecule has 176 valence electrons. The lowest BCUT2D eigenvalue weighted by atomic mass is 9.87. The third kappa shape index (κ3) is 6.15. The predicted octanol–water partition coefficient (Wildman–Crippen LogP) is 5.62. The monoisotopic (exact) mass is 448 g/mol. The van der Waals surface area contributed by atoms with Crippen molar-refractivity contribution in [3.05, 3.63) is 70.8 Å². The third-order valence-corrected chi connectivity index (χ3v) is 6.06. The fourth-order valence-electron chi connectivity index (χ4n) is 3.70. The summed E-state index contributed by atoms with van der Waals surface area (Å²) in [6, 6.07) is 12.7. The van der Waals surface area contributed by atoms with E-state index in [2.05, 4.69) is 0 Å². The lowest BCUT2D eigenvalue weighted by Crippen LogP contribution is -2.46. The van der Waals surface area contributed by atoms with Gasteiger partial charge in [-0.3, -0.25) is 0 Å². The van der Waals surface area contributed by atoms with E-state index in [9.17, 15) is 24.1 Å². The lowest BCUT2D eigenvalue weighted by molar-refractivity contribution is -0.181. The summed E-state index contributed by atoms with van der Waals surface area (Å²) in [6.45, 7) is 5.01. The Labute approximate surface area is 189 Å². The van der Waals surface area contributed by atoms with Gasteiger partial charge in [0.05, 0.1) is 13.2 Å². The summed E-state index contributed by atoms with van der Waals surface area (Å²) in [6.07, 6.45) is 1.54. The predicted molar refractivity (Wildman–Crippen MR) is 122 cm³/mol. The van der Waals surface area contributed by atoms with Crippen molar-refractivity contribution in [1.82, 2.24) is 0 Å². The van der Waals surface area contributed by atoms with Crippen molar-refractivity contribution in [2.45, 2.75) is 77.8 Å². The molecular formula is C26H34F2O4. The quantitative estimate of drug-likeness (QED) is 0.394. The Bertz CT molecular complexity index is 904. The third-order valence-electron chi connectivity index (χ3n) is 6.06. The summed E-state index contributed by atoms with van der Waals surface area (Å²) in [7, 11) is 0. The number of hydrogen-bond donors (Lipinski definition) is 3. The number of rotatable bonds is 12. The molecule has 2 aromatic carbocycles. The molecule has 32 heavy (non-hydrogen) atoms. The summed E-state index contributed by atoms with van der Waals surface area (Å²) in [5.41, 5.74) is 1.72. The van der Waals surface area contributed by atoms with Crippen molar-refractivity contribution in [3.8, 4) is 5.75 Å². The van der Waals surface area contributed by atoms with Gasteiger partial charge in [-0.1, -0.05) is 51.1 Å². The first-order valence-electron chi connectivity index (χ1n) is 11.1. The van der Waals surface area contributed by atoms with Crippen LogP contribution < -0.4 is 4.74 Å². The normalized spacial score (nSPS) is 12.8. The zero-order chi connectivity index (χ0) is 23.8. The molecule has 4 nitrogen and oxygen atoms in total. The number of alkyl halides is 2. The minimum Gasteiger partial charge on any atom is -0.489 e. The number of aliphatic hydroxyl groups is 3. The number of ether oxygens (including phenoxy) is 1. The van der Waals surface area contributed by atoms with Gasteiger partial charge in [-0.25, -0.2) is 8.78 Å². The van der Waals surface area contributed by atoms with E-state index >= 15 is 0 Å². The summed E-state index contributed by atoms with van der Waals surface area (Å²) in [5, 5.41) is 29.0. The highest BCUT2D eigenvalue weighted by molar-refractivity contribution is 5.66. The second-order valence-electron chi connectivity index (χ2n) is 7.97. The van der Waals surface area contributed by atoms with Gasteiger partial charge in [0.2, 0.25) is 0 Å². The smallest absolute Gasteiger partial charge is 0.279 e. The molecular weight excluding hydrogens is 414 g/mol. The highest BCUT2D eigenvalue weighted by Gasteiger charge is 2.48. The fourth-order valence-corrected chi connectivity index (χ4v) is 3.70. The van der Waals surface area contributed by atoms with Crippen LogP contribution in [0.3, 0.4) is 0 Å². The molecule has 0 amide bonds. The van der Waals surface area contributed by atoms with Crippen molar-refractivity contribution >= 4 is 5.57 Å². The van der Waals surface area contributed by atoms with Crippen LogP contribution in [0.25, 0.3) is 5.57 Å². The van der Waals surface area contributed by atoms with Gasteiger partial charge in [-0.05, 0) is 65.3 Å². The highest BCUT2D eigenvalue weighted by atomic mass is 19.3. The van der Waals surface area contributed by atoms with Crippen molar-refractivity contribution in [1.29, 1.82) is 0 Å². The minimum absolute atomic E-state index is 0.00754. The van der Waals surface area contributed by atoms with Crippen LogP contribution in [0.15, 0.2) is 48.5 Å². The summed E-state index contributed by atoms with van der Waals surface area (Å²) in [4.78, 5) is 0. The van der Waals surface area contributed by atoms with Crippen LogP contribution in [0.2, 0.25) is 0 Å². The largest absolute Gasteiger partial charge is 0.489 e. The van der Waals surface area contributed by atoms with Gasteiger partial charge in [0.1, 0.15) is 18.0 Å². The number of hydrogen-bond acceptors (Lipinski definition) is 4. The standard InChI is InChI=1S/C26H34F2O4/c1-4-20(12-13-26(27,28)25(31,5-2)6-3)21-8-7-9-24(15-21)32-18-19-10-11-22(16-29)23(14-19)17-30/h7-12,14-15,29-31H,4-6,13,16-18H2,1-3H3/b20-12-. The summed E-state index contributed by atoms with van der Waals surface area (Å²) < 4.78 is 35.1. The maximum Gasteiger partial charge on any atom is 0.279 e. The Hall–Kier alpha value is -2.28. The van der Waals surface area contributed by atoms with E-state index in [0.29, 0.717) is 23.3 Å². The van der Waals surface area contributed by atoms with Gasteiger partial charge >= 0.3 is 0 Å². The molecule has 0 saturated heterocycles. The molecule has 0 fully saturated rings. The van der Waals surface area contributed by atoms with Crippen LogP contribution in [0, 0.1) is 0 Å². The van der Waals surface area contributed by atoms with E-state index in [0.717, 1.165) is 16.7 Å². The van der Waals surface area contributed by atoms with E-state index in [1.54, 1.807) is 32.0 Å². The van der Waals surface area contributed by atoms with Crippen LogP contribution in [0.1, 0.15) is 68.7 Å². The molecule has 0 aliphatic rings. The van der Waals surface area contributed by atoms with Crippen LogP contribution in [0.4, 0.5) is 8.78 Å². The topological polar surface area (TPSA) is 69.9 Å². The van der Waals surface area contributed by atoms with Gasteiger partial charge in [0, 0.05) is 6.42 Å². The lowest BCUT2D eigenvalue weighted by Gasteiger charge is -2.34. The van der Waals surface area contributed by atoms with E-state index in [1.807, 2.05) is 31.2 Å². The fraction of sp³-hybridized carbons (Fsp3) is 0.462. The molecule has 0 unspecified atom stereocenters. The highest BCUT2D eigenvalue weighted by Crippen LogP contribution is 2.38. The Morgan fingerprint density at radius 1 is 0.969 bits per heavy atom. The SMILES string of the molecule is CC/C(=C/CC(F)(F)C(O)(CC)CC)c1cccc(OCc2ccc(CO)c(CO)c2)c1. The summed E-state index contributed by atoms with van der Waals surface area (Å²) in [5.74, 6) is -2.61. The van der Waals surface area contributed by atoms with Crippen LogP contribution >= 0.6 is 0 Å². The molecule has 2 aromatic rings. The van der Waals surface area contributed by atoms with Crippen molar-refractivity contribution in [2.24, 2.45) is 0 Å². The van der Waals surface area contributed by atoms with Gasteiger partial charge in [0.15, 0.2) is 0 Å². The van der Waals surface area contributed by atoms with Gasteiger partial charge < -0.3 is 20.1 Å². The number of halogens is 2. The van der Waals surface area contributed by atoms with Crippen molar-refractivity contribution in [2.75, 3.05) is 0 Å². The Morgan fingerprint density at radius 3 is 2.25 bits per heavy atom. The van der Waals surface area contributed by atoms with Gasteiger partial charge in [0.25, 0.3) is 5.92 Å². The number of allylic oxidation sites excluding steroid dienone is 2. The Kier molecular flexibility index (Phi) is 9.37. The molecule has 0 aromatic heterocycles. The molecule has 0 heterocycles. The summed E-state index contributed by atoms with van der Waals surface area (Å²) >= 11 is 0. The molecule has 0 atom stereocenters. The number of benzene rings is 2. The molecule has 0 radical (unpaired) electrons. The second-order valence-corrected chi connectivity index (χ2v) is 7.97. The first-order chi connectivity index (χ1) is 15.2. The molecule has 0 saturated carbocycles. The molecule has 0 spiro atoms. The first-order valence-corrected chi connectivity index (χ1v) is 11.1. The van der Waals surface area contributed by atoms with Crippen LogP contribution in [0.5, 0.6) is 5.75 Å². The van der Waals surface area contributed by atoms with Gasteiger partial charge in [-0.15, -0.1) is 0 Å².